The molecule has 0 aliphatic heterocycles. The molecule has 0 unspecified atom stereocenters. The summed E-state index contributed by atoms with van der Waals surface area (Å²) >= 11 is 0. The molecule has 0 fully saturated rings. The highest BCUT2D eigenvalue weighted by atomic mass is 19.4. The molecule has 0 saturated carbocycles. The van der Waals surface area contributed by atoms with Gasteiger partial charge in [0, 0.05) is 29.6 Å². The Kier molecular flexibility index (Phi) is 6.10. The summed E-state index contributed by atoms with van der Waals surface area (Å²) in [5, 5.41) is -0.258. The Morgan fingerprint density at radius 2 is 1.71 bits per heavy atom. The Morgan fingerprint density at radius 1 is 1.03 bits per heavy atom. The smallest absolute Gasteiger partial charge is 0.417 e. The summed E-state index contributed by atoms with van der Waals surface area (Å²) in [6, 6.07) is 13.5. The van der Waals surface area contributed by atoms with Gasteiger partial charge in [-0.2, -0.15) is 13.2 Å². The monoisotopic (exact) mass is 433 g/mol. The number of rotatable bonds is 5. The summed E-state index contributed by atoms with van der Waals surface area (Å²) in [6.45, 7) is 5.76. The van der Waals surface area contributed by atoms with E-state index in [2.05, 4.69) is 0 Å². The fraction of sp³-hybridized carbons (Fsp3) is 0.304. The van der Waals surface area contributed by atoms with Crippen LogP contribution in [0.5, 0.6) is 5.75 Å². The lowest BCUT2D eigenvalue weighted by Gasteiger charge is -2.35. The molecule has 0 saturated heterocycles. The first kappa shape index (κ1) is 22.4. The van der Waals surface area contributed by atoms with E-state index < -0.39 is 22.9 Å². The zero-order chi connectivity index (χ0) is 22.8. The summed E-state index contributed by atoms with van der Waals surface area (Å²) in [7, 11) is 0. The number of halogens is 3. The second-order valence-corrected chi connectivity index (χ2v) is 8.06. The van der Waals surface area contributed by atoms with Crippen molar-refractivity contribution < 1.29 is 27.1 Å². The standard InChI is InChI=1S/C23H22F3NO4/c1-22(2,3)27(13-15-7-5-4-6-8-15)20(28)14-30-16-9-10-17-18(23(24,25)26)12-21(29)31-19(17)11-16/h4-12H,13-14H2,1-3H3. The fourth-order valence-electron chi connectivity index (χ4n) is 3.16. The quantitative estimate of drug-likeness (QED) is 0.531. The molecule has 3 rings (SSSR count). The molecule has 1 aromatic heterocycles. The molecule has 0 N–H and O–H groups in total. The van der Waals surface area contributed by atoms with Gasteiger partial charge in [0.2, 0.25) is 0 Å². The van der Waals surface area contributed by atoms with E-state index in [4.69, 9.17) is 9.15 Å². The fourth-order valence-corrected chi connectivity index (χ4v) is 3.16. The summed E-state index contributed by atoms with van der Waals surface area (Å²) in [5.41, 5.74) is -1.98. The maximum atomic E-state index is 13.2. The van der Waals surface area contributed by atoms with E-state index in [1.807, 2.05) is 51.1 Å². The molecule has 0 aliphatic carbocycles. The highest BCUT2D eigenvalue weighted by Crippen LogP contribution is 2.34. The molecule has 164 valence electrons. The van der Waals surface area contributed by atoms with Crippen molar-refractivity contribution in [2.24, 2.45) is 0 Å². The van der Waals surface area contributed by atoms with Gasteiger partial charge in [0.25, 0.3) is 5.91 Å². The van der Waals surface area contributed by atoms with Crippen LogP contribution in [0.15, 0.2) is 63.8 Å². The maximum Gasteiger partial charge on any atom is 0.417 e. The van der Waals surface area contributed by atoms with Crippen LogP contribution in [0.25, 0.3) is 11.0 Å². The van der Waals surface area contributed by atoms with E-state index in [1.54, 1.807) is 4.90 Å². The van der Waals surface area contributed by atoms with E-state index in [0.717, 1.165) is 11.6 Å². The van der Waals surface area contributed by atoms with E-state index in [-0.39, 0.29) is 29.2 Å². The highest BCUT2D eigenvalue weighted by molar-refractivity contribution is 5.82. The van der Waals surface area contributed by atoms with Gasteiger partial charge < -0.3 is 14.1 Å². The van der Waals surface area contributed by atoms with Crippen LogP contribution in [0.4, 0.5) is 13.2 Å². The molecule has 0 atom stereocenters. The summed E-state index contributed by atoms with van der Waals surface area (Å²) in [4.78, 5) is 26.0. The van der Waals surface area contributed by atoms with Crippen molar-refractivity contribution in [3.63, 3.8) is 0 Å². The third-order valence-corrected chi connectivity index (χ3v) is 4.68. The number of amides is 1. The molecule has 31 heavy (non-hydrogen) atoms. The van der Waals surface area contributed by atoms with Crippen molar-refractivity contribution in [3.05, 3.63) is 76.1 Å². The van der Waals surface area contributed by atoms with Crippen LogP contribution in [0.2, 0.25) is 0 Å². The maximum absolute atomic E-state index is 13.2. The zero-order valence-corrected chi connectivity index (χ0v) is 17.3. The van der Waals surface area contributed by atoms with Crippen LogP contribution in [0.1, 0.15) is 31.9 Å². The molecule has 0 bridgehead atoms. The van der Waals surface area contributed by atoms with E-state index >= 15 is 0 Å². The largest absolute Gasteiger partial charge is 0.484 e. The first-order chi connectivity index (χ1) is 14.4. The van der Waals surface area contributed by atoms with Crippen molar-refractivity contribution in [2.45, 2.75) is 39.0 Å². The number of fused-ring (bicyclic) bond motifs is 1. The van der Waals surface area contributed by atoms with Gasteiger partial charge in [0.1, 0.15) is 11.3 Å². The van der Waals surface area contributed by atoms with Crippen molar-refractivity contribution >= 4 is 16.9 Å². The Balaban J connectivity index is 1.80. The molecule has 2 aromatic carbocycles. The molecular weight excluding hydrogens is 411 g/mol. The molecule has 0 radical (unpaired) electrons. The molecule has 0 aliphatic rings. The zero-order valence-electron chi connectivity index (χ0n) is 17.3. The lowest BCUT2D eigenvalue weighted by molar-refractivity contribution is -0.139. The van der Waals surface area contributed by atoms with Gasteiger partial charge in [-0.15, -0.1) is 0 Å². The lowest BCUT2D eigenvalue weighted by Crippen LogP contribution is -2.47. The predicted molar refractivity (Wildman–Crippen MR) is 110 cm³/mol. The first-order valence-electron chi connectivity index (χ1n) is 9.57. The molecule has 1 amide bonds. The molecular formula is C23H22F3NO4. The highest BCUT2D eigenvalue weighted by Gasteiger charge is 2.34. The molecule has 0 spiro atoms. The number of benzene rings is 2. The van der Waals surface area contributed by atoms with Gasteiger partial charge in [-0.1, -0.05) is 30.3 Å². The SMILES string of the molecule is CC(C)(C)N(Cc1ccccc1)C(=O)COc1ccc2c(C(F)(F)F)cc(=O)oc2c1. The summed E-state index contributed by atoms with van der Waals surface area (Å²) in [5.74, 6) is -0.168. The second-order valence-electron chi connectivity index (χ2n) is 8.06. The number of ether oxygens (including phenoxy) is 1. The van der Waals surface area contributed by atoms with Crippen molar-refractivity contribution in [1.29, 1.82) is 0 Å². The van der Waals surface area contributed by atoms with Crippen LogP contribution >= 0.6 is 0 Å². The Hall–Kier alpha value is -3.29. The van der Waals surface area contributed by atoms with Gasteiger partial charge in [-0.05, 0) is 38.5 Å². The van der Waals surface area contributed by atoms with Crippen LogP contribution < -0.4 is 10.4 Å². The van der Waals surface area contributed by atoms with E-state index in [9.17, 15) is 22.8 Å². The first-order valence-corrected chi connectivity index (χ1v) is 9.57. The molecule has 5 nitrogen and oxygen atoms in total. The van der Waals surface area contributed by atoms with Crippen molar-refractivity contribution in [1.82, 2.24) is 4.90 Å². The normalized spacial score (nSPS) is 12.1. The lowest BCUT2D eigenvalue weighted by atomic mass is 10.0. The third kappa shape index (κ3) is 5.45. The average Bonchev–Trinajstić information content (AvgIpc) is 2.68. The molecule has 1 heterocycles. The van der Waals surface area contributed by atoms with Gasteiger partial charge in [0.05, 0.1) is 5.56 Å². The van der Waals surface area contributed by atoms with Gasteiger partial charge in [-0.25, -0.2) is 4.79 Å². The van der Waals surface area contributed by atoms with Crippen LogP contribution in [0.3, 0.4) is 0 Å². The number of carbonyl (C=O) groups is 1. The summed E-state index contributed by atoms with van der Waals surface area (Å²) in [6.07, 6.45) is -4.70. The number of nitrogens with zero attached hydrogens (tertiary/aromatic N) is 1. The Bertz CT molecular complexity index is 1130. The number of carbonyl (C=O) groups excluding carboxylic acids is 1. The number of hydrogen-bond acceptors (Lipinski definition) is 4. The minimum atomic E-state index is -4.70. The van der Waals surface area contributed by atoms with Crippen LogP contribution in [-0.2, 0) is 17.5 Å². The van der Waals surface area contributed by atoms with Crippen molar-refractivity contribution in [2.75, 3.05) is 6.61 Å². The Morgan fingerprint density at radius 3 is 2.32 bits per heavy atom. The minimum Gasteiger partial charge on any atom is -0.484 e. The third-order valence-electron chi connectivity index (χ3n) is 4.68. The summed E-state index contributed by atoms with van der Waals surface area (Å²) < 4.78 is 49.9. The second kappa shape index (κ2) is 8.45. The van der Waals surface area contributed by atoms with Crippen molar-refractivity contribution in [3.8, 4) is 5.75 Å². The van der Waals surface area contributed by atoms with Gasteiger partial charge in [0.15, 0.2) is 6.61 Å². The van der Waals surface area contributed by atoms with Gasteiger partial charge >= 0.3 is 11.8 Å². The van der Waals surface area contributed by atoms with E-state index in [1.165, 1.54) is 12.1 Å². The van der Waals surface area contributed by atoms with E-state index in [0.29, 0.717) is 12.6 Å². The number of hydrogen-bond donors (Lipinski definition) is 0. The number of alkyl halides is 3. The van der Waals surface area contributed by atoms with Crippen LogP contribution in [0, 0.1) is 0 Å². The predicted octanol–water partition coefficient (Wildman–Crippen LogP) is 5.02. The van der Waals surface area contributed by atoms with Gasteiger partial charge in [-0.3, -0.25) is 4.79 Å². The van der Waals surface area contributed by atoms with Crippen LogP contribution in [-0.4, -0.2) is 23.0 Å². The topological polar surface area (TPSA) is 59.8 Å². The Labute approximate surface area is 177 Å². The minimum absolute atomic E-state index is 0.122. The molecule has 3 aromatic rings. The molecule has 8 heteroatoms. The average molecular weight is 433 g/mol.